The van der Waals surface area contributed by atoms with E-state index in [0.717, 1.165) is 33.4 Å². The Bertz CT molecular complexity index is 785. The van der Waals surface area contributed by atoms with Crippen LogP contribution in [0.25, 0.3) is 10.9 Å². The maximum atomic E-state index is 5.86. The van der Waals surface area contributed by atoms with Crippen molar-refractivity contribution in [3.8, 4) is 0 Å². The first-order valence-electron chi connectivity index (χ1n) is 6.93. The highest BCUT2D eigenvalue weighted by atomic mass is 15.3. The normalized spacial score (nSPS) is 12.8. The van der Waals surface area contributed by atoms with Gasteiger partial charge >= 0.3 is 0 Å². The Kier molecular flexibility index (Phi) is 3.45. The van der Waals surface area contributed by atoms with Crippen molar-refractivity contribution in [1.29, 1.82) is 0 Å². The van der Waals surface area contributed by atoms with Crippen LogP contribution in [0.3, 0.4) is 0 Å². The molecule has 3 rings (SSSR count). The molecule has 1 unspecified atom stereocenters. The van der Waals surface area contributed by atoms with E-state index in [4.69, 9.17) is 5.84 Å². The quantitative estimate of drug-likeness (QED) is 0.570. The largest absolute Gasteiger partial charge is 0.272 e. The van der Waals surface area contributed by atoms with Crippen LogP contribution in [0.2, 0.25) is 0 Å². The number of hydrogen-bond donors (Lipinski definition) is 2. The summed E-state index contributed by atoms with van der Waals surface area (Å²) in [5, 5.41) is 5.59. The number of benzene rings is 1. The lowest BCUT2D eigenvalue weighted by molar-refractivity contribution is 0.631. The van der Waals surface area contributed by atoms with Crippen LogP contribution in [0.1, 0.15) is 28.6 Å². The molecule has 0 fully saturated rings. The van der Waals surface area contributed by atoms with Gasteiger partial charge in [-0.3, -0.25) is 15.5 Å². The summed E-state index contributed by atoms with van der Waals surface area (Å²) >= 11 is 0. The second-order valence-corrected chi connectivity index (χ2v) is 5.23. The standard InChI is InChI=1S/C16H19N5/c1-10-14(11(2)21(3)20-10)16(19-17)13-8-4-6-12-7-5-9-18-15(12)13/h4-9,16,19H,17H2,1-3H3. The first kappa shape index (κ1) is 13.7. The Morgan fingerprint density at radius 2 is 1.95 bits per heavy atom. The summed E-state index contributed by atoms with van der Waals surface area (Å²) in [7, 11) is 1.95. The summed E-state index contributed by atoms with van der Waals surface area (Å²) in [6.45, 7) is 4.06. The van der Waals surface area contributed by atoms with Crippen molar-refractivity contribution in [2.75, 3.05) is 0 Å². The molecule has 0 bridgehead atoms. The molecule has 21 heavy (non-hydrogen) atoms. The third-order valence-electron chi connectivity index (χ3n) is 4.00. The third kappa shape index (κ3) is 2.20. The fraction of sp³-hybridized carbons (Fsp3) is 0.250. The molecule has 0 aliphatic rings. The smallest absolute Gasteiger partial charge is 0.0767 e. The van der Waals surface area contributed by atoms with Gasteiger partial charge in [-0.25, -0.2) is 5.43 Å². The highest BCUT2D eigenvalue weighted by Gasteiger charge is 2.22. The van der Waals surface area contributed by atoms with Gasteiger partial charge in [0.05, 0.1) is 17.3 Å². The zero-order chi connectivity index (χ0) is 15.0. The maximum absolute atomic E-state index is 5.86. The predicted octanol–water partition coefficient (Wildman–Crippen LogP) is 2.14. The molecule has 5 nitrogen and oxygen atoms in total. The van der Waals surface area contributed by atoms with Gasteiger partial charge in [0.2, 0.25) is 0 Å². The fourth-order valence-electron chi connectivity index (χ4n) is 2.90. The number of aromatic nitrogens is 3. The highest BCUT2D eigenvalue weighted by Crippen LogP contribution is 2.30. The predicted molar refractivity (Wildman–Crippen MR) is 83.6 cm³/mol. The van der Waals surface area contributed by atoms with E-state index in [9.17, 15) is 0 Å². The third-order valence-corrected chi connectivity index (χ3v) is 4.00. The van der Waals surface area contributed by atoms with Crippen LogP contribution in [-0.2, 0) is 7.05 Å². The van der Waals surface area contributed by atoms with Gasteiger partial charge in [-0.2, -0.15) is 5.10 Å². The number of nitrogens with zero attached hydrogens (tertiary/aromatic N) is 3. The minimum atomic E-state index is -0.128. The minimum Gasteiger partial charge on any atom is -0.272 e. The van der Waals surface area contributed by atoms with Gasteiger partial charge in [-0.15, -0.1) is 0 Å². The first-order valence-corrected chi connectivity index (χ1v) is 6.93. The van der Waals surface area contributed by atoms with E-state index >= 15 is 0 Å². The molecular weight excluding hydrogens is 262 g/mol. The van der Waals surface area contributed by atoms with Crippen molar-refractivity contribution < 1.29 is 0 Å². The van der Waals surface area contributed by atoms with Crippen molar-refractivity contribution in [3.63, 3.8) is 0 Å². The van der Waals surface area contributed by atoms with Crippen molar-refractivity contribution in [2.24, 2.45) is 12.9 Å². The zero-order valence-electron chi connectivity index (χ0n) is 12.5. The molecule has 3 aromatic rings. The van der Waals surface area contributed by atoms with Crippen LogP contribution >= 0.6 is 0 Å². The van der Waals surface area contributed by atoms with Gasteiger partial charge in [0, 0.05) is 35.5 Å². The number of aryl methyl sites for hydroxylation is 2. The Balaban J connectivity index is 2.23. The van der Waals surface area contributed by atoms with E-state index in [1.54, 1.807) is 0 Å². The molecule has 2 heterocycles. The van der Waals surface area contributed by atoms with Crippen molar-refractivity contribution in [1.82, 2.24) is 20.2 Å². The van der Waals surface area contributed by atoms with Crippen LogP contribution in [0.5, 0.6) is 0 Å². The fourth-order valence-corrected chi connectivity index (χ4v) is 2.90. The van der Waals surface area contributed by atoms with Crippen molar-refractivity contribution >= 4 is 10.9 Å². The summed E-state index contributed by atoms with van der Waals surface area (Å²) in [6.07, 6.45) is 1.81. The Hall–Kier alpha value is -2.24. The second-order valence-electron chi connectivity index (χ2n) is 5.23. The lowest BCUT2D eigenvalue weighted by Gasteiger charge is -2.18. The van der Waals surface area contributed by atoms with Crippen LogP contribution in [0, 0.1) is 13.8 Å². The van der Waals surface area contributed by atoms with E-state index in [-0.39, 0.29) is 6.04 Å². The van der Waals surface area contributed by atoms with Gasteiger partial charge in [0.15, 0.2) is 0 Å². The van der Waals surface area contributed by atoms with Crippen LogP contribution in [0.15, 0.2) is 36.5 Å². The molecule has 0 saturated carbocycles. The van der Waals surface area contributed by atoms with Gasteiger partial charge in [0.25, 0.3) is 0 Å². The van der Waals surface area contributed by atoms with E-state index < -0.39 is 0 Å². The van der Waals surface area contributed by atoms with Gasteiger partial charge in [0.1, 0.15) is 0 Å². The lowest BCUT2D eigenvalue weighted by atomic mass is 9.95. The molecule has 0 amide bonds. The maximum Gasteiger partial charge on any atom is 0.0767 e. The van der Waals surface area contributed by atoms with Gasteiger partial charge < -0.3 is 0 Å². The van der Waals surface area contributed by atoms with Crippen LogP contribution in [-0.4, -0.2) is 14.8 Å². The average molecular weight is 281 g/mol. The van der Waals surface area contributed by atoms with Gasteiger partial charge in [-0.1, -0.05) is 24.3 Å². The molecule has 5 heteroatoms. The van der Waals surface area contributed by atoms with E-state index in [1.807, 2.05) is 37.0 Å². The summed E-state index contributed by atoms with van der Waals surface area (Å²) in [4.78, 5) is 4.52. The van der Waals surface area contributed by atoms with E-state index in [2.05, 4.69) is 40.6 Å². The minimum absolute atomic E-state index is 0.128. The molecular formula is C16H19N5. The average Bonchev–Trinajstić information content (AvgIpc) is 2.75. The number of nitrogens with one attached hydrogen (secondary N) is 1. The Morgan fingerprint density at radius 1 is 1.19 bits per heavy atom. The van der Waals surface area contributed by atoms with Crippen molar-refractivity contribution in [2.45, 2.75) is 19.9 Å². The molecule has 1 atom stereocenters. The van der Waals surface area contributed by atoms with E-state index in [1.165, 1.54) is 0 Å². The first-order chi connectivity index (χ1) is 10.1. The van der Waals surface area contributed by atoms with Crippen LogP contribution in [0.4, 0.5) is 0 Å². The molecule has 108 valence electrons. The number of para-hydroxylation sites is 1. The number of fused-ring (bicyclic) bond motifs is 1. The molecule has 1 aromatic carbocycles. The molecule has 0 spiro atoms. The van der Waals surface area contributed by atoms with Crippen molar-refractivity contribution in [3.05, 3.63) is 59.0 Å². The zero-order valence-corrected chi connectivity index (χ0v) is 12.5. The summed E-state index contributed by atoms with van der Waals surface area (Å²) in [5.74, 6) is 5.86. The molecule has 2 aromatic heterocycles. The number of rotatable bonds is 3. The number of nitrogens with two attached hydrogens (primary N) is 1. The monoisotopic (exact) mass is 281 g/mol. The summed E-state index contributed by atoms with van der Waals surface area (Å²) in [5.41, 5.74) is 8.14. The number of hydrazine groups is 1. The molecule has 3 N–H and O–H groups in total. The number of hydrogen-bond acceptors (Lipinski definition) is 4. The molecule has 0 saturated heterocycles. The van der Waals surface area contributed by atoms with E-state index in [0.29, 0.717) is 0 Å². The SMILES string of the molecule is Cc1nn(C)c(C)c1C(NN)c1cccc2cccnc12. The highest BCUT2D eigenvalue weighted by molar-refractivity contribution is 5.82. The lowest BCUT2D eigenvalue weighted by Crippen LogP contribution is -2.30. The number of pyridine rings is 1. The molecule has 0 aliphatic carbocycles. The topological polar surface area (TPSA) is 68.8 Å². The van der Waals surface area contributed by atoms with Crippen LogP contribution < -0.4 is 11.3 Å². The summed E-state index contributed by atoms with van der Waals surface area (Å²) < 4.78 is 1.88. The second kappa shape index (κ2) is 5.27. The molecule has 0 aliphatic heterocycles. The Morgan fingerprint density at radius 3 is 2.62 bits per heavy atom. The summed E-state index contributed by atoms with van der Waals surface area (Å²) in [6, 6.07) is 10.0. The molecule has 0 radical (unpaired) electrons. The Labute approximate surface area is 123 Å². The van der Waals surface area contributed by atoms with Gasteiger partial charge in [-0.05, 0) is 19.9 Å².